The van der Waals surface area contributed by atoms with E-state index in [4.69, 9.17) is 0 Å². The molecule has 4 heteroatoms. The van der Waals surface area contributed by atoms with Crippen LogP contribution in [0.5, 0.6) is 0 Å². The van der Waals surface area contributed by atoms with E-state index in [1.54, 1.807) is 0 Å². The summed E-state index contributed by atoms with van der Waals surface area (Å²) in [4.78, 5) is 0. The molecule has 1 aromatic rings. The van der Waals surface area contributed by atoms with E-state index in [-0.39, 0.29) is 5.54 Å². The van der Waals surface area contributed by atoms with Gasteiger partial charge in [0.1, 0.15) is 11.6 Å². The number of nitrogens with zero attached hydrogens (tertiary/aromatic N) is 3. The van der Waals surface area contributed by atoms with Crippen molar-refractivity contribution in [1.29, 1.82) is 0 Å². The molecule has 0 radical (unpaired) electrons. The maximum Gasteiger partial charge on any atom is 0.147 e. The lowest BCUT2D eigenvalue weighted by Crippen LogP contribution is -2.36. The smallest absolute Gasteiger partial charge is 0.147 e. The zero-order valence-corrected chi connectivity index (χ0v) is 10.5. The minimum atomic E-state index is 0.122. The Hall–Kier alpha value is -0.900. The minimum absolute atomic E-state index is 0.122. The molecule has 4 nitrogen and oxygen atoms in total. The van der Waals surface area contributed by atoms with Gasteiger partial charge in [0.25, 0.3) is 0 Å². The van der Waals surface area contributed by atoms with Crippen molar-refractivity contribution in [1.82, 2.24) is 20.1 Å². The average molecular weight is 210 g/mol. The van der Waals surface area contributed by atoms with Crippen LogP contribution in [0.15, 0.2) is 0 Å². The van der Waals surface area contributed by atoms with Gasteiger partial charge in [0, 0.05) is 12.1 Å². The Morgan fingerprint density at radius 2 is 1.93 bits per heavy atom. The van der Waals surface area contributed by atoms with Crippen LogP contribution >= 0.6 is 0 Å². The monoisotopic (exact) mass is 210 g/mol. The van der Waals surface area contributed by atoms with Crippen LogP contribution in [0.3, 0.4) is 0 Å². The first-order valence-corrected chi connectivity index (χ1v) is 5.57. The fourth-order valence-corrected chi connectivity index (χ4v) is 1.41. The summed E-state index contributed by atoms with van der Waals surface area (Å²) in [5.74, 6) is 2.03. The topological polar surface area (TPSA) is 42.7 Å². The third-order valence-corrected chi connectivity index (χ3v) is 2.24. The highest BCUT2D eigenvalue weighted by Gasteiger charge is 2.12. The van der Waals surface area contributed by atoms with Crippen molar-refractivity contribution >= 4 is 0 Å². The van der Waals surface area contributed by atoms with Crippen LogP contribution in [0.2, 0.25) is 0 Å². The maximum atomic E-state index is 4.19. The summed E-state index contributed by atoms with van der Waals surface area (Å²) < 4.78 is 2.18. The predicted molar refractivity (Wildman–Crippen MR) is 61.6 cm³/mol. The molecular weight excluding hydrogens is 188 g/mol. The molecule has 15 heavy (non-hydrogen) atoms. The molecule has 0 unspecified atom stereocenters. The Labute approximate surface area is 92.1 Å². The van der Waals surface area contributed by atoms with Crippen molar-refractivity contribution in [2.75, 3.05) is 0 Å². The molecular formula is C11H22N4. The first-order chi connectivity index (χ1) is 6.94. The van der Waals surface area contributed by atoms with E-state index in [1.165, 1.54) is 0 Å². The van der Waals surface area contributed by atoms with Gasteiger partial charge in [0.2, 0.25) is 0 Å². The molecule has 0 saturated heterocycles. The zero-order valence-electron chi connectivity index (χ0n) is 10.5. The molecule has 1 heterocycles. The van der Waals surface area contributed by atoms with Gasteiger partial charge in [-0.3, -0.25) is 0 Å². The van der Waals surface area contributed by atoms with Gasteiger partial charge in [-0.15, -0.1) is 10.2 Å². The van der Waals surface area contributed by atoms with E-state index >= 15 is 0 Å². The first-order valence-electron chi connectivity index (χ1n) is 5.57. The highest BCUT2D eigenvalue weighted by atomic mass is 15.3. The van der Waals surface area contributed by atoms with Crippen molar-refractivity contribution in [3.63, 3.8) is 0 Å². The predicted octanol–water partition coefficient (Wildman–Crippen LogP) is 1.88. The summed E-state index contributed by atoms with van der Waals surface area (Å²) in [6.45, 7) is 12.4. The van der Waals surface area contributed by atoms with Crippen LogP contribution in [0.25, 0.3) is 0 Å². The quantitative estimate of drug-likeness (QED) is 0.825. The van der Waals surface area contributed by atoms with Crippen LogP contribution in [-0.2, 0) is 13.1 Å². The van der Waals surface area contributed by atoms with Crippen LogP contribution in [-0.4, -0.2) is 20.3 Å². The van der Waals surface area contributed by atoms with Crippen LogP contribution in [0.4, 0.5) is 0 Å². The summed E-state index contributed by atoms with van der Waals surface area (Å²) >= 11 is 0. The third-order valence-electron chi connectivity index (χ3n) is 2.24. The van der Waals surface area contributed by atoms with Gasteiger partial charge in [0.05, 0.1) is 6.54 Å². The highest BCUT2D eigenvalue weighted by Crippen LogP contribution is 2.05. The van der Waals surface area contributed by atoms with Crippen molar-refractivity contribution in [2.24, 2.45) is 0 Å². The van der Waals surface area contributed by atoms with Crippen LogP contribution in [0.1, 0.15) is 45.8 Å². The molecule has 0 atom stereocenters. The summed E-state index contributed by atoms with van der Waals surface area (Å²) in [6.07, 6.45) is 1.11. The van der Waals surface area contributed by atoms with E-state index in [1.807, 2.05) is 6.92 Å². The molecule has 0 aliphatic carbocycles. The second-order valence-corrected chi connectivity index (χ2v) is 4.92. The second-order valence-electron chi connectivity index (χ2n) is 4.92. The Kier molecular flexibility index (Phi) is 3.85. The maximum absolute atomic E-state index is 4.19. The summed E-state index contributed by atoms with van der Waals surface area (Å²) in [5.41, 5.74) is 0.122. The lowest BCUT2D eigenvalue weighted by molar-refractivity contribution is 0.410. The minimum Gasteiger partial charge on any atom is -0.314 e. The molecule has 0 fully saturated rings. The Morgan fingerprint density at radius 1 is 1.27 bits per heavy atom. The van der Waals surface area contributed by atoms with Gasteiger partial charge in [-0.25, -0.2) is 0 Å². The number of nitrogens with one attached hydrogen (secondary N) is 1. The van der Waals surface area contributed by atoms with E-state index in [0.717, 1.165) is 31.2 Å². The van der Waals surface area contributed by atoms with Crippen molar-refractivity contribution < 1.29 is 0 Å². The summed E-state index contributed by atoms with van der Waals surface area (Å²) in [6, 6.07) is 0. The fraction of sp³-hybridized carbons (Fsp3) is 0.818. The standard InChI is InChI=1S/C11H22N4/c1-6-7-15-9(2)13-14-10(15)8-12-11(3,4)5/h12H,6-8H2,1-5H3. The summed E-state index contributed by atoms with van der Waals surface area (Å²) in [5, 5.41) is 11.7. The molecule has 1 aromatic heterocycles. The van der Waals surface area contributed by atoms with Gasteiger partial charge in [-0.2, -0.15) is 0 Å². The van der Waals surface area contributed by atoms with Crippen molar-refractivity contribution in [3.05, 3.63) is 11.6 Å². The van der Waals surface area contributed by atoms with E-state index in [0.29, 0.717) is 0 Å². The lowest BCUT2D eigenvalue weighted by Gasteiger charge is -2.20. The fourth-order valence-electron chi connectivity index (χ4n) is 1.41. The Balaban J connectivity index is 2.68. The first kappa shape index (κ1) is 12.2. The molecule has 0 aliphatic rings. The lowest BCUT2D eigenvalue weighted by atomic mass is 10.1. The summed E-state index contributed by atoms with van der Waals surface area (Å²) in [7, 11) is 0. The molecule has 0 bridgehead atoms. The van der Waals surface area contributed by atoms with E-state index < -0.39 is 0 Å². The van der Waals surface area contributed by atoms with Gasteiger partial charge in [0.15, 0.2) is 0 Å². The molecule has 0 aliphatic heterocycles. The highest BCUT2D eigenvalue weighted by molar-refractivity contribution is 4.94. The largest absolute Gasteiger partial charge is 0.314 e. The van der Waals surface area contributed by atoms with Gasteiger partial charge in [-0.1, -0.05) is 6.92 Å². The van der Waals surface area contributed by atoms with Crippen LogP contribution in [0, 0.1) is 6.92 Å². The Bertz CT molecular complexity index is 309. The molecule has 86 valence electrons. The Morgan fingerprint density at radius 3 is 2.47 bits per heavy atom. The molecule has 1 N–H and O–H groups in total. The molecule has 0 saturated carbocycles. The number of hydrogen-bond donors (Lipinski definition) is 1. The SMILES string of the molecule is CCCn1c(C)nnc1CNC(C)(C)C. The van der Waals surface area contributed by atoms with E-state index in [2.05, 4.69) is 47.8 Å². The zero-order chi connectivity index (χ0) is 11.5. The number of rotatable bonds is 4. The molecule has 1 rings (SSSR count). The number of aromatic nitrogens is 3. The van der Waals surface area contributed by atoms with Gasteiger partial charge >= 0.3 is 0 Å². The van der Waals surface area contributed by atoms with Crippen LogP contribution < -0.4 is 5.32 Å². The van der Waals surface area contributed by atoms with Crippen molar-refractivity contribution in [3.8, 4) is 0 Å². The van der Waals surface area contributed by atoms with Gasteiger partial charge in [-0.05, 0) is 34.1 Å². The average Bonchev–Trinajstić information content (AvgIpc) is 2.45. The normalized spacial score (nSPS) is 12.1. The number of aryl methyl sites for hydroxylation is 1. The van der Waals surface area contributed by atoms with Gasteiger partial charge < -0.3 is 9.88 Å². The van der Waals surface area contributed by atoms with Crippen molar-refractivity contribution in [2.45, 2.75) is 59.7 Å². The second kappa shape index (κ2) is 4.75. The third kappa shape index (κ3) is 3.63. The van der Waals surface area contributed by atoms with E-state index in [9.17, 15) is 0 Å². The molecule has 0 spiro atoms. The molecule has 0 amide bonds. The number of hydrogen-bond acceptors (Lipinski definition) is 3. The molecule has 0 aromatic carbocycles.